The molecule has 2 unspecified atom stereocenters. The first-order valence-corrected chi connectivity index (χ1v) is 19.0. The van der Waals surface area contributed by atoms with Gasteiger partial charge in [-0.3, -0.25) is 5.32 Å². The lowest BCUT2D eigenvalue weighted by Crippen LogP contribution is -2.44. The van der Waals surface area contributed by atoms with E-state index in [1.54, 1.807) is 0 Å². The standard InChI is InChI=1S/C51H38N4O/c1-4-14-34(15-5-1)38-20-12-21-40(32-38)51-54-49(36-18-8-3-9-19-36)53-50(55-51)37-26-29-41(30-27-37)52-46-33-39(28-31-42(46)35-16-6-2-7-17-35)43-23-13-24-45-44-22-10-11-25-47(44)56-48(43)45/h1-33,49-50,52-53H,(H,54,55). The van der Waals surface area contributed by atoms with Crippen LogP contribution in [0.4, 0.5) is 11.4 Å². The maximum Gasteiger partial charge on any atom is 0.143 e. The maximum atomic E-state index is 6.44. The van der Waals surface area contributed by atoms with Crippen molar-refractivity contribution < 1.29 is 4.42 Å². The van der Waals surface area contributed by atoms with E-state index >= 15 is 0 Å². The van der Waals surface area contributed by atoms with E-state index in [0.29, 0.717) is 0 Å². The Kier molecular flexibility index (Phi) is 8.67. The Labute approximate surface area is 326 Å². The van der Waals surface area contributed by atoms with Crippen LogP contribution in [0.1, 0.15) is 29.0 Å². The number of fused-ring (bicyclic) bond motifs is 3. The first-order chi connectivity index (χ1) is 27.7. The van der Waals surface area contributed by atoms with Crippen molar-refractivity contribution in [3.63, 3.8) is 0 Å². The summed E-state index contributed by atoms with van der Waals surface area (Å²) in [6.07, 6.45) is -0.391. The van der Waals surface area contributed by atoms with E-state index in [-0.39, 0.29) is 12.3 Å². The van der Waals surface area contributed by atoms with Crippen molar-refractivity contribution in [2.75, 3.05) is 5.32 Å². The van der Waals surface area contributed by atoms with Gasteiger partial charge in [-0.05, 0) is 63.7 Å². The highest BCUT2D eigenvalue weighted by Gasteiger charge is 2.25. The van der Waals surface area contributed by atoms with E-state index in [9.17, 15) is 0 Å². The molecule has 0 radical (unpaired) electrons. The molecule has 0 saturated carbocycles. The number of furan rings is 1. The molecule has 0 fully saturated rings. The van der Waals surface area contributed by atoms with Crippen LogP contribution in [0, 0.1) is 0 Å². The molecule has 5 nitrogen and oxygen atoms in total. The third-order valence-electron chi connectivity index (χ3n) is 10.6. The van der Waals surface area contributed by atoms with Crippen molar-refractivity contribution in [3.05, 3.63) is 217 Å². The molecular weight excluding hydrogens is 685 g/mol. The van der Waals surface area contributed by atoms with Gasteiger partial charge in [0.1, 0.15) is 29.3 Å². The monoisotopic (exact) mass is 722 g/mol. The minimum absolute atomic E-state index is 0.126. The van der Waals surface area contributed by atoms with Crippen molar-refractivity contribution >= 4 is 39.1 Å². The lowest BCUT2D eigenvalue weighted by molar-refractivity contribution is 0.409. The quantitative estimate of drug-likeness (QED) is 0.146. The Hall–Kier alpha value is -7.21. The Morgan fingerprint density at radius 3 is 1.93 bits per heavy atom. The van der Waals surface area contributed by atoms with Crippen LogP contribution in [-0.4, -0.2) is 5.84 Å². The topological polar surface area (TPSA) is 61.6 Å². The van der Waals surface area contributed by atoms with E-state index in [4.69, 9.17) is 9.41 Å². The van der Waals surface area contributed by atoms with Crippen molar-refractivity contribution in [1.82, 2.24) is 10.6 Å². The highest BCUT2D eigenvalue weighted by Crippen LogP contribution is 2.40. The molecule has 0 spiro atoms. The average Bonchev–Trinajstić information content (AvgIpc) is 3.67. The highest BCUT2D eigenvalue weighted by molar-refractivity contribution is 6.09. The number of benzene rings is 8. The highest BCUT2D eigenvalue weighted by atomic mass is 16.3. The number of hydrogen-bond donors (Lipinski definition) is 3. The molecule has 0 aliphatic carbocycles. The smallest absolute Gasteiger partial charge is 0.143 e. The number of para-hydroxylation sites is 2. The van der Waals surface area contributed by atoms with Gasteiger partial charge in [-0.25, -0.2) is 4.99 Å². The average molecular weight is 723 g/mol. The molecule has 2 atom stereocenters. The van der Waals surface area contributed by atoms with Gasteiger partial charge in [0.2, 0.25) is 0 Å². The van der Waals surface area contributed by atoms with Crippen LogP contribution in [-0.2, 0) is 0 Å². The number of anilines is 2. The van der Waals surface area contributed by atoms with Crippen LogP contribution in [0.3, 0.4) is 0 Å². The molecule has 0 saturated heterocycles. The summed E-state index contributed by atoms with van der Waals surface area (Å²) in [6.45, 7) is 0. The molecule has 3 N–H and O–H groups in total. The summed E-state index contributed by atoms with van der Waals surface area (Å²) in [6, 6.07) is 69.9. The Bertz CT molecular complexity index is 2830. The van der Waals surface area contributed by atoms with Crippen molar-refractivity contribution in [1.29, 1.82) is 0 Å². The molecule has 1 aliphatic rings. The van der Waals surface area contributed by atoms with Gasteiger partial charge < -0.3 is 15.1 Å². The van der Waals surface area contributed by atoms with Crippen LogP contribution in [0.5, 0.6) is 0 Å². The molecule has 2 heterocycles. The molecule has 1 aliphatic heterocycles. The number of hydrogen-bond acceptors (Lipinski definition) is 5. The van der Waals surface area contributed by atoms with Crippen LogP contribution >= 0.6 is 0 Å². The molecule has 8 aromatic carbocycles. The lowest BCUT2D eigenvalue weighted by Gasteiger charge is -2.32. The molecule has 0 amide bonds. The zero-order valence-corrected chi connectivity index (χ0v) is 30.6. The zero-order chi connectivity index (χ0) is 37.3. The number of nitrogens with one attached hydrogen (secondary N) is 3. The van der Waals surface area contributed by atoms with Gasteiger partial charge >= 0.3 is 0 Å². The lowest BCUT2D eigenvalue weighted by atomic mass is 9.97. The molecule has 9 aromatic rings. The maximum absolute atomic E-state index is 6.44. The summed E-state index contributed by atoms with van der Waals surface area (Å²) in [5.74, 6) is 0.853. The van der Waals surface area contributed by atoms with E-state index in [0.717, 1.165) is 83.7 Å². The van der Waals surface area contributed by atoms with E-state index in [2.05, 4.69) is 192 Å². The third kappa shape index (κ3) is 6.51. The van der Waals surface area contributed by atoms with Gasteiger partial charge in [-0.2, -0.15) is 0 Å². The summed E-state index contributed by atoms with van der Waals surface area (Å²) in [4.78, 5) is 5.25. The number of amidine groups is 1. The Morgan fingerprint density at radius 1 is 0.464 bits per heavy atom. The van der Waals surface area contributed by atoms with Gasteiger partial charge in [-0.1, -0.05) is 170 Å². The molecule has 10 rings (SSSR count). The number of aliphatic imine (C=N–C) groups is 1. The summed E-state index contributed by atoms with van der Waals surface area (Å²) in [5.41, 5.74) is 13.8. The third-order valence-corrected chi connectivity index (χ3v) is 10.6. The van der Waals surface area contributed by atoms with Crippen LogP contribution in [0.2, 0.25) is 0 Å². The van der Waals surface area contributed by atoms with Gasteiger partial charge in [0.25, 0.3) is 0 Å². The van der Waals surface area contributed by atoms with Gasteiger partial charge in [0, 0.05) is 38.8 Å². The normalized spacial score (nSPS) is 15.3. The molecule has 268 valence electrons. The fourth-order valence-corrected chi connectivity index (χ4v) is 7.73. The molecule has 0 bridgehead atoms. The SMILES string of the molecule is c1ccc(-c2cccc(C3=NC(c4ccc(Nc5cc(-c6cccc7c6oc6ccccc67)ccc5-c5ccccc5)cc4)NC(c4ccccc4)N3)c2)cc1. The summed E-state index contributed by atoms with van der Waals surface area (Å²) < 4.78 is 6.44. The first kappa shape index (κ1) is 33.4. The Balaban J connectivity index is 0.994. The second-order valence-corrected chi connectivity index (χ2v) is 14.1. The largest absolute Gasteiger partial charge is 0.455 e. The second kappa shape index (κ2) is 14.6. The van der Waals surface area contributed by atoms with Gasteiger partial charge in [-0.15, -0.1) is 0 Å². The van der Waals surface area contributed by atoms with Gasteiger partial charge in [0.05, 0.1) is 0 Å². The van der Waals surface area contributed by atoms with E-state index < -0.39 is 0 Å². The number of nitrogens with zero attached hydrogens (tertiary/aromatic N) is 1. The molecular formula is C51H38N4O. The van der Waals surface area contributed by atoms with E-state index in [1.807, 2.05) is 24.3 Å². The predicted molar refractivity (Wildman–Crippen MR) is 231 cm³/mol. The minimum Gasteiger partial charge on any atom is -0.455 e. The number of rotatable bonds is 8. The van der Waals surface area contributed by atoms with Crippen molar-refractivity contribution in [3.8, 4) is 33.4 Å². The molecule has 1 aromatic heterocycles. The fourth-order valence-electron chi connectivity index (χ4n) is 7.73. The summed E-state index contributed by atoms with van der Waals surface area (Å²) >= 11 is 0. The minimum atomic E-state index is -0.265. The van der Waals surface area contributed by atoms with E-state index in [1.165, 1.54) is 5.56 Å². The van der Waals surface area contributed by atoms with Crippen LogP contribution < -0.4 is 16.0 Å². The zero-order valence-electron chi connectivity index (χ0n) is 30.6. The predicted octanol–water partition coefficient (Wildman–Crippen LogP) is 12.7. The van der Waals surface area contributed by atoms with Crippen LogP contribution in [0.25, 0.3) is 55.3 Å². The van der Waals surface area contributed by atoms with Gasteiger partial charge in [0.15, 0.2) is 0 Å². The second-order valence-electron chi connectivity index (χ2n) is 14.1. The van der Waals surface area contributed by atoms with Crippen molar-refractivity contribution in [2.45, 2.75) is 12.3 Å². The summed E-state index contributed by atoms with van der Waals surface area (Å²) in [7, 11) is 0. The van der Waals surface area contributed by atoms with Crippen LogP contribution in [0.15, 0.2) is 210 Å². The molecule has 56 heavy (non-hydrogen) atoms. The van der Waals surface area contributed by atoms with Crippen molar-refractivity contribution in [2.24, 2.45) is 4.99 Å². The Morgan fingerprint density at radius 2 is 1.12 bits per heavy atom. The summed E-state index contributed by atoms with van der Waals surface area (Å²) in [5, 5.41) is 13.5. The fraction of sp³-hybridized carbons (Fsp3) is 0.0392. The molecule has 5 heteroatoms. The first-order valence-electron chi connectivity index (χ1n) is 19.0.